The van der Waals surface area contributed by atoms with Crippen LogP contribution in [0.1, 0.15) is 32.4 Å². The number of ether oxygens (including phenoxy) is 1. The molecule has 6 nitrogen and oxygen atoms in total. The third-order valence-corrected chi connectivity index (χ3v) is 3.23. The zero-order valence-electron chi connectivity index (χ0n) is 12.2. The Morgan fingerprint density at radius 1 is 1.50 bits per heavy atom. The number of carboxylic acid groups (broad SMARTS) is 1. The van der Waals surface area contributed by atoms with E-state index in [0.29, 0.717) is 24.8 Å². The monoisotopic (exact) mass is 279 g/mol. The predicted octanol–water partition coefficient (Wildman–Crippen LogP) is 1.87. The Labute approximate surface area is 118 Å². The maximum Gasteiger partial charge on any atom is 0.308 e. The highest BCUT2D eigenvalue weighted by Crippen LogP contribution is 2.23. The molecule has 1 aliphatic heterocycles. The van der Waals surface area contributed by atoms with Gasteiger partial charge in [0.05, 0.1) is 12.0 Å². The van der Waals surface area contributed by atoms with Crippen LogP contribution in [-0.4, -0.2) is 40.2 Å². The average Bonchev–Trinajstić information content (AvgIpc) is 2.37. The molecule has 6 heteroatoms. The van der Waals surface area contributed by atoms with E-state index < -0.39 is 5.97 Å². The van der Waals surface area contributed by atoms with Crippen LogP contribution in [0.4, 0.5) is 5.95 Å². The Hall–Kier alpha value is -1.85. The van der Waals surface area contributed by atoms with Crippen LogP contribution in [0.3, 0.4) is 0 Å². The first kappa shape index (κ1) is 14.6. The minimum Gasteiger partial charge on any atom is -0.481 e. The lowest BCUT2D eigenvalue weighted by Crippen LogP contribution is -2.39. The lowest BCUT2D eigenvalue weighted by atomic mass is 9.99. The Kier molecular flexibility index (Phi) is 4.42. The smallest absolute Gasteiger partial charge is 0.308 e. The van der Waals surface area contributed by atoms with Crippen LogP contribution in [-0.2, 0) is 4.79 Å². The minimum atomic E-state index is -0.749. The number of nitrogens with zero attached hydrogens (tertiary/aromatic N) is 3. The fourth-order valence-corrected chi connectivity index (χ4v) is 2.33. The minimum absolute atomic E-state index is 0.0465. The number of carbonyl (C=O) groups is 1. The third kappa shape index (κ3) is 3.59. The van der Waals surface area contributed by atoms with Crippen molar-refractivity contribution in [3.8, 4) is 5.88 Å². The van der Waals surface area contributed by atoms with Crippen LogP contribution in [0.2, 0.25) is 0 Å². The summed E-state index contributed by atoms with van der Waals surface area (Å²) >= 11 is 0. The van der Waals surface area contributed by atoms with Crippen molar-refractivity contribution in [1.29, 1.82) is 0 Å². The summed E-state index contributed by atoms with van der Waals surface area (Å²) in [6.07, 6.45) is 1.60. The summed E-state index contributed by atoms with van der Waals surface area (Å²) in [7, 11) is 0. The second-order valence-electron chi connectivity index (χ2n) is 5.44. The first-order valence-electron chi connectivity index (χ1n) is 6.96. The van der Waals surface area contributed by atoms with Gasteiger partial charge in [-0.1, -0.05) is 0 Å². The molecule has 1 aromatic heterocycles. The van der Waals surface area contributed by atoms with Crippen molar-refractivity contribution in [2.24, 2.45) is 5.92 Å². The summed E-state index contributed by atoms with van der Waals surface area (Å²) in [6.45, 7) is 7.02. The van der Waals surface area contributed by atoms with Crippen LogP contribution in [0.25, 0.3) is 0 Å². The predicted molar refractivity (Wildman–Crippen MR) is 75.1 cm³/mol. The third-order valence-electron chi connectivity index (χ3n) is 3.23. The number of hydrogen-bond acceptors (Lipinski definition) is 5. The number of anilines is 1. The lowest BCUT2D eigenvalue weighted by molar-refractivity contribution is -0.141. The second kappa shape index (κ2) is 6.07. The Bertz CT molecular complexity index is 491. The van der Waals surface area contributed by atoms with Crippen molar-refractivity contribution in [2.45, 2.75) is 39.7 Å². The van der Waals surface area contributed by atoms with E-state index in [1.165, 1.54) is 0 Å². The molecule has 1 unspecified atom stereocenters. The van der Waals surface area contributed by atoms with Crippen molar-refractivity contribution in [3.05, 3.63) is 11.8 Å². The fraction of sp³-hybridized carbons (Fsp3) is 0.643. The van der Waals surface area contributed by atoms with Gasteiger partial charge in [-0.2, -0.15) is 4.98 Å². The van der Waals surface area contributed by atoms with E-state index in [9.17, 15) is 4.79 Å². The molecule has 0 aromatic carbocycles. The van der Waals surface area contributed by atoms with Gasteiger partial charge < -0.3 is 14.7 Å². The van der Waals surface area contributed by atoms with E-state index in [-0.39, 0.29) is 12.0 Å². The van der Waals surface area contributed by atoms with Gasteiger partial charge in [-0.3, -0.25) is 4.79 Å². The highest BCUT2D eigenvalue weighted by Gasteiger charge is 2.27. The quantitative estimate of drug-likeness (QED) is 0.907. The van der Waals surface area contributed by atoms with E-state index in [1.807, 2.05) is 25.7 Å². The Morgan fingerprint density at radius 2 is 2.25 bits per heavy atom. The molecule has 1 fully saturated rings. The Morgan fingerprint density at radius 3 is 2.90 bits per heavy atom. The van der Waals surface area contributed by atoms with Gasteiger partial charge in [0.2, 0.25) is 11.8 Å². The number of carboxylic acids is 1. The van der Waals surface area contributed by atoms with Crippen molar-refractivity contribution in [3.63, 3.8) is 0 Å². The topological polar surface area (TPSA) is 75.5 Å². The zero-order chi connectivity index (χ0) is 14.7. The normalized spacial score (nSPS) is 19.2. The van der Waals surface area contributed by atoms with E-state index in [2.05, 4.69) is 9.97 Å². The van der Waals surface area contributed by atoms with Gasteiger partial charge in [0.15, 0.2) is 0 Å². The van der Waals surface area contributed by atoms with E-state index in [1.54, 1.807) is 6.07 Å². The summed E-state index contributed by atoms with van der Waals surface area (Å²) < 4.78 is 5.61. The molecular formula is C14H21N3O3. The van der Waals surface area contributed by atoms with Gasteiger partial charge in [0.1, 0.15) is 0 Å². The zero-order valence-corrected chi connectivity index (χ0v) is 12.2. The highest BCUT2D eigenvalue weighted by molar-refractivity contribution is 5.71. The highest BCUT2D eigenvalue weighted by atomic mass is 16.5. The fourth-order valence-electron chi connectivity index (χ4n) is 2.33. The molecular weight excluding hydrogens is 258 g/mol. The molecule has 1 saturated heterocycles. The van der Waals surface area contributed by atoms with E-state index in [0.717, 1.165) is 18.7 Å². The lowest BCUT2D eigenvalue weighted by Gasteiger charge is -2.31. The number of hydrogen-bond donors (Lipinski definition) is 1. The van der Waals surface area contributed by atoms with E-state index in [4.69, 9.17) is 9.84 Å². The van der Waals surface area contributed by atoms with Crippen LogP contribution in [0.5, 0.6) is 5.88 Å². The Balaban J connectivity index is 2.18. The molecule has 20 heavy (non-hydrogen) atoms. The van der Waals surface area contributed by atoms with Crippen LogP contribution in [0, 0.1) is 12.8 Å². The molecule has 0 radical (unpaired) electrons. The summed E-state index contributed by atoms with van der Waals surface area (Å²) in [6, 6.07) is 1.79. The summed E-state index contributed by atoms with van der Waals surface area (Å²) in [4.78, 5) is 21.8. The first-order valence-corrected chi connectivity index (χ1v) is 6.96. The number of piperidine rings is 1. The number of aryl methyl sites for hydroxylation is 1. The molecule has 0 bridgehead atoms. The number of aromatic nitrogens is 2. The standard InChI is InChI=1S/C14H21N3O3/c1-9(2)20-12-7-10(3)15-14(16-12)17-6-4-5-11(8-17)13(18)19/h7,9,11H,4-6,8H2,1-3H3,(H,18,19). The van der Waals surface area contributed by atoms with Crippen LogP contribution >= 0.6 is 0 Å². The first-order chi connectivity index (χ1) is 9.45. The van der Waals surface area contributed by atoms with Gasteiger partial charge in [-0.05, 0) is 33.6 Å². The average molecular weight is 279 g/mol. The molecule has 0 saturated carbocycles. The molecule has 1 N–H and O–H groups in total. The molecule has 0 amide bonds. The largest absolute Gasteiger partial charge is 0.481 e. The van der Waals surface area contributed by atoms with Gasteiger partial charge in [0.25, 0.3) is 0 Å². The second-order valence-corrected chi connectivity index (χ2v) is 5.44. The molecule has 0 spiro atoms. The molecule has 2 heterocycles. The summed E-state index contributed by atoms with van der Waals surface area (Å²) in [5, 5.41) is 9.14. The van der Waals surface area contributed by atoms with Gasteiger partial charge >= 0.3 is 5.97 Å². The van der Waals surface area contributed by atoms with Gasteiger partial charge in [-0.15, -0.1) is 0 Å². The maximum atomic E-state index is 11.1. The van der Waals surface area contributed by atoms with Crippen molar-refractivity contribution in [2.75, 3.05) is 18.0 Å². The summed E-state index contributed by atoms with van der Waals surface area (Å²) in [5.74, 6) is 0.00915. The van der Waals surface area contributed by atoms with Crippen molar-refractivity contribution < 1.29 is 14.6 Å². The van der Waals surface area contributed by atoms with Gasteiger partial charge in [-0.25, -0.2) is 4.98 Å². The molecule has 2 rings (SSSR count). The number of aliphatic carboxylic acids is 1. The van der Waals surface area contributed by atoms with Crippen LogP contribution in [0.15, 0.2) is 6.07 Å². The van der Waals surface area contributed by atoms with E-state index >= 15 is 0 Å². The maximum absolute atomic E-state index is 11.1. The molecule has 0 aliphatic carbocycles. The number of rotatable bonds is 4. The molecule has 1 aromatic rings. The van der Waals surface area contributed by atoms with Crippen molar-refractivity contribution in [1.82, 2.24) is 9.97 Å². The van der Waals surface area contributed by atoms with Gasteiger partial charge in [0, 0.05) is 24.8 Å². The summed E-state index contributed by atoms with van der Waals surface area (Å²) in [5.41, 5.74) is 0.822. The van der Waals surface area contributed by atoms with Crippen LogP contribution < -0.4 is 9.64 Å². The molecule has 110 valence electrons. The SMILES string of the molecule is Cc1cc(OC(C)C)nc(N2CCCC(C(=O)O)C2)n1. The molecule has 1 aliphatic rings. The van der Waals surface area contributed by atoms with Crippen molar-refractivity contribution >= 4 is 11.9 Å². The molecule has 1 atom stereocenters.